The number of carbonyl (C=O) groups is 4. The molecule has 13 nitrogen and oxygen atoms in total. The predicted molar refractivity (Wildman–Crippen MR) is 203 cm³/mol. The molecule has 0 saturated carbocycles. The largest absolute Gasteiger partial charge is 0.458 e. The summed E-state index contributed by atoms with van der Waals surface area (Å²) in [7, 11) is 0. The van der Waals surface area contributed by atoms with Crippen LogP contribution in [-0.4, -0.2) is 75.8 Å². The van der Waals surface area contributed by atoms with Crippen LogP contribution in [0.1, 0.15) is 96.9 Å². The van der Waals surface area contributed by atoms with E-state index in [0.29, 0.717) is 23.3 Å². The Morgan fingerprint density at radius 1 is 0.868 bits per heavy atom. The summed E-state index contributed by atoms with van der Waals surface area (Å²) in [5.74, 6) is 0.714. The van der Waals surface area contributed by atoms with E-state index in [-0.39, 0.29) is 37.1 Å². The van der Waals surface area contributed by atoms with Crippen LogP contribution < -0.4 is 21.1 Å². The first kappa shape index (κ1) is 42.2. The van der Waals surface area contributed by atoms with Crippen molar-refractivity contribution in [3.8, 4) is 12.3 Å². The number of anilines is 1. The Hall–Kier alpha value is -5.22. The van der Waals surface area contributed by atoms with Crippen molar-refractivity contribution >= 4 is 40.3 Å². The molecule has 286 valence electrons. The average Bonchev–Trinajstić information content (AvgIpc) is 3.02. The van der Waals surface area contributed by atoms with E-state index in [0.717, 1.165) is 11.3 Å². The van der Waals surface area contributed by atoms with Gasteiger partial charge in [0.25, 0.3) is 11.5 Å². The molecule has 0 saturated heterocycles. The van der Waals surface area contributed by atoms with Gasteiger partial charge in [-0.2, -0.15) is 0 Å². The van der Waals surface area contributed by atoms with Gasteiger partial charge >= 0.3 is 11.9 Å². The molecule has 2 amide bonds. The van der Waals surface area contributed by atoms with E-state index in [1.807, 2.05) is 31.7 Å². The molecule has 3 rings (SSSR count). The lowest BCUT2D eigenvalue weighted by molar-refractivity contribution is -0.162. The Morgan fingerprint density at radius 3 is 2.04 bits per heavy atom. The molecular formula is C40H53N5O8. The number of H-pyrrole nitrogens is 1. The number of aromatic amines is 1. The van der Waals surface area contributed by atoms with Crippen molar-refractivity contribution in [1.82, 2.24) is 20.6 Å². The predicted octanol–water partition coefficient (Wildman–Crippen LogP) is 4.73. The fourth-order valence-corrected chi connectivity index (χ4v) is 5.07. The molecule has 0 bridgehead atoms. The molecule has 0 unspecified atom stereocenters. The monoisotopic (exact) mass is 731 g/mol. The lowest BCUT2D eigenvalue weighted by atomic mass is 10.1. The van der Waals surface area contributed by atoms with Gasteiger partial charge in [0.2, 0.25) is 5.91 Å². The molecule has 2 atom stereocenters. The molecule has 1 aromatic heterocycles. The molecule has 53 heavy (non-hydrogen) atoms. The second-order valence-corrected chi connectivity index (χ2v) is 15.8. The van der Waals surface area contributed by atoms with E-state index in [4.69, 9.17) is 20.6 Å². The van der Waals surface area contributed by atoms with Crippen molar-refractivity contribution in [1.29, 1.82) is 0 Å². The van der Waals surface area contributed by atoms with Crippen LogP contribution >= 0.6 is 0 Å². The summed E-state index contributed by atoms with van der Waals surface area (Å²) in [6, 6.07) is 9.86. The lowest BCUT2D eigenvalue weighted by Gasteiger charge is -2.27. The highest BCUT2D eigenvalue weighted by Gasteiger charge is 2.31. The van der Waals surface area contributed by atoms with Gasteiger partial charge < -0.3 is 34.7 Å². The highest BCUT2D eigenvalue weighted by Crippen LogP contribution is 2.21. The molecule has 0 aliphatic carbocycles. The van der Waals surface area contributed by atoms with Gasteiger partial charge in [-0.25, -0.2) is 14.6 Å². The Bertz CT molecular complexity index is 1870. The number of hydrogen-bond donors (Lipinski definition) is 3. The van der Waals surface area contributed by atoms with E-state index < -0.39 is 52.6 Å². The van der Waals surface area contributed by atoms with E-state index in [2.05, 4.69) is 26.5 Å². The standard InChI is InChI=1S/C40H53N5O8/c1-12-21-45(23-26-13-18-30-29(22-26)35(48)42-25(2)41-30)28-16-14-27(15-17-28)34(47)44-31(36(49)52-39(6,7)8)19-20-33(46)43-32(24-51-38(3,4)5)37(50)53-40(9,10)11/h1,13-18,22,31-32H,19-21,23-24H2,2-11H3,(H,43,46)(H,44,47)(H,41,42,48)/t31-,32-/m0/s1. The van der Waals surface area contributed by atoms with Gasteiger partial charge in [0.05, 0.1) is 29.7 Å². The number of ether oxygens (including phenoxy) is 3. The molecule has 0 aliphatic heterocycles. The third-order valence-electron chi connectivity index (χ3n) is 7.40. The number of esters is 2. The first-order valence-electron chi connectivity index (χ1n) is 17.5. The Morgan fingerprint density at radius 2 is 1.47 bits per heavy atom. The first-order valence-corrected chi connectivity index (χ1v) is 17.5. The van der Waals surface area contributed by atoms with Gasteiger partial charge in [0.1, 0.15) is 23.1 Å². The molecule has 13 heteroatoms. The third-order valence-corrected chi connectivity index (χ3v) is 7.40. The van der Waals surface area contributed by atoms with Crippen molar-refractivity contribution in [2.45, 2.75) is 118 Å². The first-order chi connectivity index (χ1) is 24.5. The van der Waals surface area contributed by atoms with Crippen LogP contribution in [-0.2, 0) is 35.1 Å². The van der Waals surface area contributed by atoms with Crippen molar-refractivity contribution < 1.29 is 33.4 Å². The fraction of sp³-hybridized carbons (Fsp3) is 0.500. The highest BCUT2D eigenvalue weighted by atomic mass is 16.6. The molecule has 1 heterocycles. The average molecular weight is 732 g/mol. The topological polar surface area (TPSA) is 169 Å². The zero-order valence-corrected chi connectivity index (χ0v) is 32.5. The minimum atomic E-state index is -1.18. The van der Waals surface area contributed by atoms with Crippen LogP contribution in [0.4, 0.5) is 5.69 Å². The molecule has 0 radical (unpaired) electrons. The summed E-state index contributed by atoms with van der Waals surface area (Å²) in [4.78, 5) is 74.2. The number of nitrogens with one attached hydrogen (secondary N) is 3. The Labute approximate surface area is 311 Å². The maximum Gasteiger partial charge on any atom is 0.331 e. The van der Waals surface area contributed by atoms with Crippen molar-refractivity contribution in [3.05, 3.63) is 69.8 Å². The third kappa shape index (κ3) is 14.0. The maximum absolute atomic E-state index is 13.4. The van der Waals surface area contributed by atoms with Crippen LogP contribution in [0.15, 0.2) is 47.3 Å². The molecule has 0 fully saturated rings. The van der Waals surface area contributed by atoms with Crippen LogP contribution in [0.5, 0.6) is 0 Å². The summed E-state index contributed by atoms with van der Waals surface area (Å²) >= 11 is 0. The number of nitrogens with zero attached hydrogens (tertiary/aromatic N) is 2. The Kier molecular flexibility index (Phi) is 14.0. The molecule has 0 aliphatic rings. The van der Waals surface area contributed by atoms with Gasteiger partial charge in [-0.05, 0) is 118 Å². The summed E-state index contributed by atoms with van der Waals surface area (Å²) in [5.41, 5.74) is -0.0307. The number of amides is 2. The minimum absolute atomic E-state index is 0.106. The van der Waals surface area contributed by atoms with Gasteiger partial charge in [-0.1, -0.05) is 12.0 Å². The van der Waals surface area contributed by atoms with E-state index in [1.54, 1.807) is 84.9 Å². The summed E-state index contributed by atoms with van der Waals surface area (Å²) < 4.78 is 16.8. The summed E-state index contributed by atoms with van der Waals surface area (Å²) in [6.07, 6.45) is 5.36. The molecule has 0 spiro atoms. The van der Waals surface area contributed by atoms with Crippen molar-refractivity contribution in [2.24, 2.45) is 0 Å². The molecule has 3 N–H and O–H groups in total. The van der Waals surface area contributed by atoms with Crippen molar-refractivity contribution in [3.63, 3.8) is 0 Å². The van der Waals surface area contributed by atoms with Gasteiger partial charge in [0, 0.05) is 24.2 Å². The normalized spacial score (nSPS) is 13.0. The number of aryl methyl sites for hydroxylation is 1. The number of rotatable bonds is 14. The number of benzene rings is 2. The van der Waals surface area contributed by atoms with E-state index >= 15 is 0 Å². The lowest BCUT2D eigenvalue weighted by Crippen LogP contribution is -2.49. The zero-order chi connectivity index (χ0) is 39.7. The summed E-state index contributed by atoms with van der Waals surface area (Å²) in [5, 5.41) is 5.83. The molecule has 3 aromatic rings. The van der Waals surface area contributed by atoms with Crippen LogP contribution in [0, 0.1) is 19.3 Å². The fourth-order valence-electron chi connectivity index (χ4n) is 5.07. The second kappa shape index (κ2) is 17.5. The number of carbonyl (C=O) groups excluding carboxylic acids is 4. The van der Waals surface area contributed by atoms with Gasteiger partial charge in [-0.3, -0.25) is 14.4 Å². The summed E-state index contributed by atoms with van der Waals surface area (Å²) in [6.45, 7) is 18.0. The van der Waals surface area contributed by atoms with E-state index in [9.17, 15) is 24.0 Å². The van der Waals surface area contributed by atoms with Gasteiger partial charge in [-0.15, -0.1) is 6.42 Å². The second-order valence-electron chi connectivity index (χ2n) is 15.8. The quantitative estimate of drug-likeness (QED) is 0.156. The minimum Gasteiger partial charge on any atom is -0.458 e. The van der Waals surface area contributed by atoms with Crippen LogP contribution in [0.3, 0.4) is 0 Å². The number of hydrogen-bond acceptors (Lipinski definition) is 10. The smallest absolute Gasteiger partial charge is 0.331 e. The van der Waals surface area contributed by atoms with Crippen LogP contribution in [0.25, 0.3) is 10.9 Å². The van der Waals surface area contributed by atoms with Gasteiger partial charge in [0.15, 0.2) is 6.04 Å². The SMILES string of the molecule is C#CCN(Cc1ccc2nc(C)[nH]c(=O)c2c1)c1ccc(C(=O)N[C@@H](CCC(=O)N[C@@H](COC(C)(C)C)C(=O)OC(C)(C)C)C(=O)OC(C)(C)C)cc1. The number of terminal acetylenes is 1. The van der Waals surface area contributed by atoms with E-state index in [1.165, 1.54) is 0 Å². The Balaban J connectivity index is 1.75. The molecular weight excluding hydrogens is 678 g/mol. The molecule has 2 aromatic carbocycles. The van der Waals surface area contributed by atoms with Crippen LogP contribution in [0.2, 0.25) is 0 Å². The number of aromatic nitrogens is 2. The zero-order valence-electron chi connectivity index (χ0n) is 32.5. The van der Waals surface area contributed by atoms with Crippen molar-refractivity contribution in [2.75, 3.05) is 18.1 Å². The highest BCUT2D eigenvalue weighted by molar-refractivity contribution is 5.97. The number of fused-ring (bicyclic) bond motifs is 1. The maximum atomic E-state index is 13.4.